The molecule has 2 aliphatic rings. The number of carbonyl (C=O) groups is 1. The molecule has 1 heterocycles. The standard InChI is InChI=1S/C16H11ClN3O3/c17-16-14(10-21)15(11-6-8-13(9-7-11)20(22)23)18-19(16)12-4-2-1-3-5-12/h1-10,18H/q-1. The number of hydrogen-bond acceptors (Lipinski definition) is 5. The number of nitrogens with one attached hydrogen (secondary N) is 1. The average Bonchev–Trinajstić information content (AvgIpc) is 2.92. The summed E-state index contributed by atoms with van der Waals surface area (Å²) in [5.41, 5.74) is 5.25. The maximum atomic E-state index is 11.4. The highest BCUT2D eigenvalue weighted by Gasteiger charge is 2.28. The van der Waals surface area contributed by atoms with E-state index in [2.05, 4.69) is 5.43 Å². The third-order valence-corrected chi connectivity index (χ3v) is 3.78. The van der Waals surface area contributed by atoms with Crippen LogP contribution in [0.4, 0.5) is 5.69 Å². The molecule has 0 bridgehead atoms. The molecule has 1 aliphatic carbocycles. The Morgan fingerprint density at radius 1 is 1.09 bits per heavy atom. The van der Waals surface area contributed by atoms with Crippen molar-refractivity contribution in [1.82, 2.24) is 5.43 Å². The van der Waals surface area contributed by atoms with Gasteiger partial charge in [0.25, 0.3) is 0 Å². The molecule has 1 aliphatic heterocycles. The number of aldehydes is 1. The van der Waals surface area contributed by atoms with Crippen LogP contribution in [0, 0.1) is 10.4 Å². The van der Waals surface area contributed by atoms with Crippen LogP contribution in [0.1, 0.15) is 0 Å². The van der Waals surface area contributed by atoms with E-state index < -0.39 is 4.90 Å². The fourth-order valence-corrected chi connectivity index (χ4v) is 2.56. The summed E-state index contributed by atoms with van der Waals surface area (Å²) in [4.78, 5) is 10.9. The van der Waals surface area contributed by atoms with Crippen LogP contribution in [0.3, 0.4) is 0 Å². The number of carbonyl (C=O) groups excluding carboxylic acids is 1. The summed E-state index contributed by atoms with van der Waals surface area (Å²) in [6.07, 6.45) is 6.57. The van der Waals surface area contributed by atoms with Crippen molar-refractivity contribution in [2.75, 3.05) is 5.01 Å². The first-order valence-electron chi connectivity index (χ1n) is 6.70. The number of rotatable bonds is 2. The molecule has 0 aromatic heterocycles. The molecule has 1 aromatic carbocycles. The molecular formula is C16H11ClN3O3-. The second kappa shape index (κ2) is 6.02. The van der Waals surface area contributed by atoms with Gasteiger partial charge in [-0.3, -0.25) is 10.2 Å². The Bertz CT molecular complexity index is 785. The first-order chi connectivity index (χ1) is 11.1. The molecule has 6 nitrogen and oxygen atoms in total. The van der Waals surface area contributed by atoms with Gasteiger partial charge in [0.2, 0.25) is 5.71 Å². The number of hydrazine groups is 1. The van der Waals surface area contributed by atoms with Crippen molar-refractivity contribution in [3.8, 4) is 0 Å². The van der Waals surface area contributed by atoms with E-state index >= 15 is 0 Å². The first kappa shape index (κ1) is 14.9. The molecule has 116 valence electrons. The molecule has 7 heteroatoms. The SMILES string of the molecule is O=CC1=C(Cl)N(c2ccccc2)NC1=C1C=CC(=[N+]([O-])[O-])C=C1. The van der Waals surface area contributed by atoms with Crippen LogP contribution in [-0.4, -0.2) is 16.9 Å². The molecule has 0 atom stereocenters. The Hall–Kier alpha value is -2.99. The van der Waals surface area contributed by atoms with Gasteiger partial charge < -0.3 is 10.4 Å². The molecular weight excluding hydrogens is 318 g/mol. The molecule has 0 saturated carbocycles. The molecule has 0 saturated heterocycles. The lowest BCUT2D eigenvalue weighted by Crippen LogP contribution is -2.30. The predicted octanol–water partition coefficient (Wildman–Crippen LogP) is 2.49. The van der Waals surface area contributed by atoms with Crippen molar-refractivity contribution in [3.63, 3.8) is 0 Å². The van der Waals surface area contributed by atoms with E-state index in [1.807, 2.05) is 30.3 Å². The summed E-state index contributed by atoms with van der Waals surface area (Å²) in [5, 5.41) is 23.3. The summed E-state index contributed by atoms with van der Waals surface area (Å²) >= 11 is 6.29. The highest BCUT2D eigenvalue weighted by atomic mass is 35.5. The molecule has 1 aromatic rings. The van der Waals surface area contributed by atoms with E-state index in [0.717, 1.165) is 5.69 Å². The van der Waals surface area contributed by atoms with Crippen molar-refractivity contribution in [2.24, 2.45) is 0 Å². The number of para-hydroxylation sites is 1. The molecule has 3 rings (SSSR count). The largest absolute Gasteiger partial charge is 0.612 e. The van der Waals surface area contributed by atoms with E-state index in [1.54, 1.807) is 17.2 Å². The van der Waals surface area contributed by atoms with E-state index in [0.29, 0.717) is 23.1 Å². The number of nitrogens with zero attached hydrogens (tertiary/aromatic N) is 2. The lowest BCUT2D eigenvalue weighted by atomic mass is 10.0. The second-order valence-electron chi connectivity index (χ2n) is 4.78. The zero-order valence-corrected chi connectivity index (χ0v) is 12.5. The van der Waals surface area contributed by atoms with Crippen molar-refractivity contribution in [2.45, 2.75) is 0 Å². The molecule has 0 amide bonds. The fraction of sp³-hybridized carbons (Fsp3) is 0. The Morgan fingerprint density at radius 3 is 2.30 bits per heavy atom. The van der Waals surface area contributed by atoms with Gasteiger partial charge in [0.1, 0.15) is 5.16 Å². The van der Waals surface area contributed by atoms with Gasteiger partial charge in [-0.15, -0.1) is 0 Å². The van der Waals surface area contributed by atoms with Crippen LogP contribution in [-0.2, 0) is 4.79 Å². The number of anilines is 1. The fourth-order valence-electron chi connectivity index (χ4n) is 2.28. The van der Waals surface area contributed by atoms with Crippen LogP contribution in [0.5, 0.6) is 0 Å². The van der Waals surface area contributed by atoms with Gasteiger partial charge in [0, 0.05) is 17.7 Å². The van der Waals surface area contributed by atoms with Gasteiger partial charge in [-0.1, -0.05) is 29.8 Å². The summed E-state index contributed by atoms with van der Waals surface area (Å²) in [7, 11) is 0. The Balaban J connectivity index is 2.02. The Kier molecular flexibility index (Phi) is 3.91. The predicted molar refractivity (Wildman–Crippen MR) is 88.3 cm³/mol. The number of hydrogen-bond donors (Lipinski definition) is 1. The van der Waals surface area contributed by atoms with Gasteiger partial charge in [-0.2, -0.15) is 4.90 Å². The lowest BCUT2D eigenvalue weighted by Gasteiger charge is -2.20. The van der Waals surface area contributed by atoms with Crippen molar-refractivity contribution >= 4 is 29.3 Å². The van der Waals surface area contributed by atoms with Crippen LogP contribution < -0.4 is 10.4 Å². The minimum absolute atomic E-state index is 0.0185. The number of allylic oxidation sites excluding steroid dienone is 6. The smallest absolute Gasteiger partial charge is 0.222 e. The van der Waals surface area contributed by atoms with E-state index in [1.165, 1.54) is 12.2 Å². The van der Waals surface area contributed by atoms with Crippen LogP contribution in [0.25, 0.3) is 0 Å². The molecule has 0 fully saturated rings. The zero-order chi connectivity index (χ0) is 16.4. The van der Waals surface area contributed by atoms with E-state index in [4.69, 9.17) is 11.6 Å². The second-order valence-corrected chi connectivity index (χ2v) is 5.14. The first-order valence-corrected chi connectivity index (χ1v) is 7.08. The highest BCUT2D eigenvalue weighted by molar-refractivity contribution is 6.33. The van der Waals surface area contributed by atoms with Crippen LogP contribution >= 0.6 is 11.6 Å². The van der Waals surface area contributed by atoms with Crippen molar-refractivity contribution in [3.05, 3.63) is 87.0 Å². The molecule has 0 radical (unpaired) electrons. The summed E-state index contributed by atoms with van der Waals surface area (Å²) in [6.45, 7) is 0. The third-order valence-electron chi connectivity index (χ3n) is 3.41. The average molecular weight is 329 g/mol. The van der Waals surface area contributed by atoms with Gasteiger partial charge >= 0.3 is 0 Å². The topological polar surface area (TPSA) is 81.5 Å². The van der Waals surface area contributed by atoms with Crippen LogP contribution in [0.15, 0.2) is 76.6 Å². The maximum Gasteiger partial charge on any atom is 0.222 e. The molecule has 0 spiro atoms. The minimum Gasteiger partial charge on any atom is -0.612 e. The number of benzene rings is 1. The third kappa shape index (κ3) is 2.72. The normalized spacial score (nSPS) is 16.9. The van der Waals surface area contributed by atoms with Gasteiger partial charge in [-0.25, -0.2) is 5.01 Å². The summed E-state index contributed by atoms with van der Waals surface area (Å²) in [5.74, 6) is 0. The Labute approximate surface area is 137 Å². The van der Waals surface area contributed by atoms with E-state index in [-0.39, 0.29) is 10.9 Å². The highest BCUT2D eigenvalue weighted by Crippen LogP contribution is 2.32. The van der Waals surface area contributed by atoms with Crippen molar-refractivity contribution < 1.29 is 9.70 Å². The van der Waals surface area contributed by atoms with Crippen LogP contribution in [0.2, 0.25) is 0 Å². The van der Waals surface area contributed by atoms with Crippen molar-refractivity contribution in [1.29, 1.82) is 0 Å². The molecule has 0 unspecified atom stereocenters. The van der Waals surface area contributed by atoms with Gasteiger partial charge in [-0.05, 0) is 24.3 Å². The van der Waals surface area contributed by atoms with E-state index in [9.17, 15) is 15.2 Å². The monoisotopic (exact) mass is 328 g/mol. The molecule has 1 N–H and O–H groups in total. The summed E-state index contributed by atoms with van der Waals surface area (Å²) in [6, 6.07) is 9.27. The Morgan fingerprint density at radius 2 is 1.74 bits per heavy atom. The quantitative estimate of drug-likeness (QED) is 0.390. The van der Waals surface area contributed by atoms with Gasteiger partial charge in [0.15, 0.2) is 6.29 Å². The number of halogens is 1. The minimum atomic E-state index is -0.476. The van der Waals surface area contributed by atoms with Gasteiger partial charge in [0.05, 0.1) is 17.0 Å². The zero-order valence-electron chi connectivity index (χ0n) is 11.8. The molecule has 23 heavy (non-hydrogen) atoms. The lowest BCUT2D eigenvalue weighted by molar-refractivity contribution is -0.377. The summed E-state index contributed by atoms with van der Waals surface area (Å²) < 4.78 is 0. The maximum absolute atomic E-state index is 11.4.